The fourth-order valence-corrected chi connectivity index (χ4v) is 2.02. The topological polar surface area (TPSA) is 42.4 Å². The van der Waals surface area contributed by atoms with Gasteiger partial charge in [-0.3, -0.25) is 0 Å². The molecule has 3 heteroatoms. The molecule has 2 aromatic rings. The molecule has 2 rings (SSSR count). The van der Waals surface area contributed by atoms with Gasteiger partial charge in [0, 0.05) is 11.8 Å². The van der Waals surface area contributed by atoms with Crippen molar-refractivity contribution in [1.82, 2.24) is 4.98 Å². The Bertz CT molecular complexity index is 549. The second-order valence-electron chi connectivity index (χ2n) is 5.05. The molecule has 3 nitrogen and oxygen atoms in total. The summed E-state index contributed by atoms with van der Waals surface area (Å²) in [4.78, 5) is 4.19. The molecule has 1 aromatic carbocycles. The monoisotopic (exact) mass is 271 g/mol. The number of nitrogens with zero attached hydrogens (tertiary/aromatic N) is 1. The maximum atomic E-state index is 9.71. The van der Waals surface area contributed by atoms with Crippen LogP contribution in [0.15, 0.2) is 42.6 Å². The quantitative estimate of drug-likeness (QED) is 0.874. The second kappa shape index (κ2) is 6.53. The van der Waals surface area contributed by atoms with Crippen LogP contribution in [0.2, 0.25) is 0 Å². The van der Waals surface area contributed by atoms with Crippen molar-refractivity contribution < 1.29 is 9.84 Å². The molecule has 1 N–H and O–H groups in total. The first-order chi connectivity index (χ1) is 9.61. The summed E-state index contributed by atoms with van der Waals surface area (Å²) in [5, 5.41) is 9.71. The molecule has 0 spiro atoms. The van der Waals surface area contributed by atoms with Crippen LogP contribution in [0.5, 0.6) is 11.6 Å². The largest absolute Gasteiger partial charge is 0.439 e. The van der Waals surface area contributed by atoms with Gasteiger partial charge in [0.15, 0.2) is 0 Å². The molecule has 2 unspecified atom stereocenters. The number of aliphatic hydroxyl groups excluding tert-OH is 1. The molecule has 1 heterocycles. The first kappa shape index (κ1) is 14.5. The van der Waals surface area contributed by atoms with Crippen LogP contribution in [0, 0.1) is 0 Å². The van der Waals surface area contributed by atoms with E-state index >= 15 is 0 Å². The van der Waals surface area contributed by atoms with Crippen LogP contribution < -0.4 is 4.74 Å². The highest BCUT2D eigenvalue weighted by Crippen LogP contribution is 2.28. The Morgan fingerprint density at radius 3 is 2.45 bits per heavy atom. The van der Waals surface area contributed by atoms with Crippen LogP contribution in [0.25, 0.3) is 0 Å². The maximum absolute atomic E-state index is 9.71. The van der Waals surface area contributed by atoms with Gasteiger partial charge < -0.3 is 9.84 Å². The molecule has 0 fully saturated rings. The van der Waals surface area contributed by atoms with Gasteiger partial charge in [-0.2, -0.15) is 0 Å². The van der Waals surface area contributed by atoms with Gasteiger partial charge in [-0.1, -0.05) is 26.0 Å². The molecular formula is C17H21NO2. The Labute approximate surface area is 120 Å². The smallest absolute Gasteiger partial charge is 0.225 e. The van der Waals surface area contributed by atoms with Crippen molar-refractivity contribution in [1.29, 1.82) is 0 Å². The van der Waals surface area contributed by atoms with Crippen molar-refractivity contribution in [3.63, 3.8) is 0 Å². The fourth-order valence-electron chi connectivity index (χ4n) is 2.02. The Morgan fingerprint density at radius 2 is 1.85 bits per heavy atom. The molecule has 0 bridgehead atoms. The zero-order chi connectivity index (χ0) is 14.5. The number of aromatic nitrogens is 1. The van der Waals surface area contributed by atoms with Crippen LogP contribution in [0.1, 0.15) is 50.3 Å². The van der Waals surface area contributed by atoms with Crippen molar-refractivity contribution in [3.8, 4) is 11.6 Å². The van der Waals surface area contributed by atoms with Crippen LogP contribution in [0.3, 0.4) is 0 Å². The second-order valence-corrected chi connectivity index (χ2v) is 5.05. The number of pyridine rings is 1. The minimum atomic E-state index is -0.599. The zero-order valence-electron chi connectivity index (χ0n) is 12.2. The molecule has 0 aliphatic carbocycles. The summed E-state index contributed by atoms with van der Waals surface area (Å²) in [5.74, 6) is 1.74. The predicted molar refractivity (Wildman–Crippen MR) is 80.1 cm³/mol. The Morgan fingerprint density at radius 1 is 1.15 bits per heavy atom. The highest BCUT2D eigenvalue weighted by molar-refractivity contribution is 5.35. The zero-order valence-corrected chi connectivity index (χ0v) is 12.2. The first-order valence-electron chi connectivity index (χ1n) is 7.02. The van der Waals surface area contributed by atoms with Crippen molar-refractivity contribution >= 4 is 0 Å². The van der Waals surface area contributed by atoms with Gasteiger partial charge in [0.25, 0.3) is 0 Å². The Kier molecular flexibility index (Phi) is 4.74. The first-order valence-corrected chi connectivity index (χ1v) is 7.02. The van der Waals surface area contributed by atoms with E-state index in [0.717, 1.165) is 12.2 Å². The number of benzene rings is 1. The Hall–Kier alpha value is -1.87. The lowest BCUT2D eigenvalue weighted by Gasteiger charge is -2.13. The van der Waals surface area contributed by atoms with E-state index in [9.17, 15) is 5.11 Å². The van der Waals surface area contributed by atoms with Crippen LogP contribution >= 0.6 is 0 Å². The van der Waals surface area contributed by atoms with Crippen molar-refractivity contribution in [2.24, 2.45) is 0 Å². The molecule has 1 aromatic heterocycles. The van der Waals surface area contributed by atoms with Crippen molar-refractivity contribution in [3.05, 3.63) is 53.7 Å². The number of aliphatic hydroxyl groups is 1. The van der Waals surface area contributed by atoms with E-state index in [-0.39, 0.29) is 0 Å². The SMILES string of the molecule is CCC(C)c1ccc(Oc2ncccc2C(C)O)cc1. The average molecular weight is 271 g/mol. The average Bonchev–Trinajstić information content (AvgIpc) is 2.47. The van der Waals surface area contributed by atoms with Gasteiger partial charge in [0.1, 0.15) is 5.75 Å². The highest BCUT2D eigenvalue weighted by atomic mass is 16.5. The van der Waals surface area contributed by atoms with Gasteiger partial charge >= 0.3 is 0 Å². The molecule has 20 heavy (non-hydrogen) atoms. The van der Waals surface area contributed by atoms with Gasteiger partial charge in [-0.25, -0.2) is 4.98 Å². The standard InChI is InChI=1S/C17H21NO2/c1-4-12(2)14-7-9-15(10-8-14)20-17-16(13(3)19)6-5-11-18-17/h5-13,19H,4H2,1-3H3. The summed E-state index contributed by atoms with van der Waals surface area (Å²) in [7, 11) is 0. The molecular weight excluding hydrogens is 250 g/mol. The van der Waals surface area contributed by atoms with Crippen LogP contribution in [-0.2, 0) is 0 Å². The summed E-state index contributed by atoms with van der Waals surface area (Å²) in [5.41, 5.74) is 2.00. The third-order valence-corrected chi connectivity index (χ3v) is 3.53. The van der Waals surface area contributed by atoms with E-state index in [0.29, 0.717) is 17.4 Å². The minimum Gasteiger partial charge on any atom is -0.439 e. The molecule has 106 valence electrons. The minimum absolute atomic E-state index is 0.457. The summed E-state index contributed by atoms with van der Waals surface area (Å²) >= 11 is 0. The van der Waals surface area contributed by atoms with E-state index in [2.05, 4.69) is 31.0 Å². The van der Waals surface area contributed by atoms with E-state index in [4.69, 9.17) is 4.74 Å². The molecule has 2 atom stereocenters. The summed E-state index contributed by atoms with van der Waals surface area (Å²) < 4.78 is 5.77. The summed E-state index contributed by atoms with van der Waals surface area (Å²) in [6, 6.07) is 11.7. The molecule has 0 radical (unpaired) electrons. The third kappa shape index (κ3) is 3.36. The third-order valence-electron chi connectivity index (χ3n) is 3.53. The normalized spacial score (nSPS) is 13.8. The van der Waals surface area contributed by atoms with Gasteiger partial charge in [0.05, 0.1) is 6.10 Å². The lowest BCUT2D eigenvalue weighted by Crippen LogP contribution is -1.98. The van der Waals surface area contributed by atoms with Gasteiger partial charge in [0.2, 0.25) is 5.88 Å². The van der Waals surface area contributed by atoms with E-state index in [1.807, 2.05) is 18.2 Å². The highest BCUT2D eigenvalue weighted by Gasteiger charge is 2.11. The number of ether oxygens (including phenoxy) is 1. The molecule has 0 aliphatic rings. The molecule has 0 saturated carbocycles. The maximum Gasteiger partial charge on any atom is 0.225 e. The summed E-state index contributed by atoms with van der Waals surface area (Å²) in [6.07, 6.45) is 2.18. The lowest BCUT2D eigenvalue weighted by molar-refractivity contribution is 0.194. The van der Waals surface area contributed by atoms with E-state index < -0.39 is 6.10 Å². The van der Waals surface area contributed by atoms with Gasteiger partial charge in [-0.05, 0) is 49.1 Å². The van der Waals surface area contributed by atoms with Gasteiger partial charge in [-0.15, -0.1) is 0 Å². The van der Waals surface area contributed by atoms with E-state index in [1.165, 1.54) is 5.56 Å². The van der Waals surface area contributed by atoms with Crippen LogP contribution in [-0.4, -0.2) is 10.1 Å². The summed E-state index contributed by atoms with van der Waals surface area (Å²) in [6.45, 7) is 6.09. The molecule has 0 aliphatic heterocycles. The number of rotatable bonds is 5. The van der Waals surface area contributed by atoms with Crippen molar-refractivity contribution in [2.45, 2.75) is 39.2 Å². The van der Waals surface area contributed by atoms with Crippen molar-refractivity contribution in [2.75, 3.05) is 0 Å². The Balaban J connectivity index is 2.18. The van der Waals surface area contributed by atoms with Crippen LogP contribution in [0.4, 0.5) is 0 Å². The fraction of sp³-hybridized carbons (Fsp3) is 0.353. The number of hydrogen-bond acceptors (Lipinski definition) is 3. The molecule has 0 saturated heterocycles. The van der Waals surface area contributed by atoms with E-state index in [1.54, 1.807) is 19.2 Å². The molecule has 0 amide bonds. The number of hydrogen-bond donors (Lipinski definition) is 1. The predicted octanol–water partition coefficient (Wildman–Crippen LogP) is 4.44. The lowest BCUT2D eigenvalue weighted by atomic mass is 9.99.